The van der Waals surface area contributed by atoms with Crippen LogP contribution in [0.3, 0.4) is 0 Å². The van der Waals surface area contributed by atoms with Crippen molar-refractivity contribution in [2.45, 2.75) is 39.7 Å². The van der Waals surface area contributed by atoms with E-state index in [0.717, 1.165) is 54.1 Å². The molecule has 0 atom stereocenters. The highest BCUT2D eigenvalue weighted by molar-refractivity contribution is 5.92. The summed E-state index contributed by atoms with van der Waals surface area (Å²) >= 11 is 0. The van der Waals surface area contributed by atoms with Gasteiger partial charge < -0.3 is 14.6 Å². The van der Waals surface area contributed by atoms with E-state index in [9.17, 15) is 9.59 Å². The number of carbonyl (C=O) groups is 2. The lowest BCUT2D eigenvalue weighted by atomic mass is 10.1. The highest BCUT2D eigenvalue weighted by Crippen LogP contribution is 2.35. The van der Waals surface area contributed by atoms with E-state index in [0.29, 0.717) is 6.54 Å². The molecule has 1 aliphatic carbocycles. The van der Waals surface area contributed by atoms with Crippen LogP contribution in [-0.4, -0.2) is 23.3 Å². The molecule has 0 radical (unpaired) electrons. The summed E-state index contributed by atoms with van der Waals surface area (Å²) in [5, 5.41) is 2.92. The van der Waals surface area contributed by atoms with Crippen LogP contribution in [0.15, 0.2) is 34.7 Å². The number of rotatable bonds is 4. The Morgan fingerprint density at radius 2 is 2.04 bits per heavy atom. The first kappa shape index (κ1) is 16.9. The van der Waals surface area contributed by atoms with Gasteiger partial charge in [-0.05, 0) is 31.0 Å². The highest BCUT2D eigenvalue weighted by atomic mass is 16.3. The lowest BCUT2D eigenvalue weighted by molar-refractivity contribution is -0.133. The Morgan fingerprint density at radius 3 is 2.77 bits per heavy atom. The Kier molecular flexibility index (Phi) is 4.31. The molecule has 0 unspecified atom stereocenters. The molecular formula is C21H24N2O3. The molecule has 2 heterocycles. The Hall–Kier alpha value is -2.56. The average Bonchev–Trinajstić information content (AvgIpc) is 3.39. The number of amides is 2. The maximum Gasteiger partial charge on any atom is 0.226 e. The van der Waals surface area contributed by atoms with Crippen LogP contribution in [-0.2, 0) is 22.6 Å². The van der Waals surface area contributed by atoms with Gasteiger partial charge in [0, 0.05) is 48.2 Å². The van der Waals surface area contributed by atoms with Gasteiger partial charge in [-0.25, -0.2) is 0 Å². The summed E-state index contributed by atoms with van der Waals surface area (Å²) in [6.45, 7) is 5.11. The van der Waals surface area contributed by atoms with Gasteiger partial charge in [0.1, 0.15) is 11.5 Å². The average molecular weight is 352 g/mol. The lowest BCUT2D eigenvalue weighted by Gasteiger charge is -2.26. The molecule has 4 rings (SSSR count). The van der Waals surface area contributed by atoms with Crippen LogP contribution in [0.1, 0.15) is 38.0 Å². The normalized spacial score (nSPS) is 16.5. The number of carbonyl (C=O) groups excluding carboxylic acids is 2. The molecule has 1 fully saturated rings. The number of nitrogens with one attached hydrogen (secondary N) is 1. The molecule has 5 heteroatoms. The fourth-order valence-electron chi connectivity index (χ4n) is 3.29. The predicted molar refractivity (Wildman–Crippen MR) is 99.5 cm³/mol. The number of anilines is 1. The van der Waals surface area contributed by atoms with Gasteiger partial charge in [-0.3, -0.25) is 9.59 Å². The first-order valence-corrected chi connectivity index (χ1v) is 9.33. The largest absolute Gasteiger partial charge is 0.461 e. The van der Waals surface area contributed by atoms with Gasteiger partial charge in [0.25, 0.3) is 0 Å². The van der Waals surface area contributed by atoms with Crippen LogP contribution in [0.2, 0.25) is 0 Å². The number of fused-ring (bicyclic) bond motifs is 1. The zero-order valence-electron chi connectivity index (χ0n) is 15.2. The van der Waals surface area contributed by atoms with E-state index in [-0.39, 0.29) is 23.7 Å². The molecule has 2 aliphatic rings. The van der Waals surface area contributed by atoms with Crippen LogP contribution in [0.4, 0.5) is 5.69 Å². The molecule has 1 N–H and O–H groups in total. The third kappa shape index (κ3) is 3.39. The number of nitrogens with zero attached hydrogens (tertiary/aromatic N) is 1. The van der Waals surface area contributed by atoms with Gasteiger partial charge in [0.05, 0.1) is 0 Å². The summed E-state index contributed by atoms with van der Waals surface area (Å²) in [6.07, 6.45) is 2.83. The lowest BCUT2D eigenvalue weighted by Crippen LogP contribution is -2.36. The smallest absolute Gasteiger partial charge is 0.226 e. The van der Waals surface area contributed by atoms with Gasteiger partial charge in [-0.15, -0.1) is 0 Å². The van der Waals surface area contributed by atoms with Crippen molar-refractivity contribution in [3.05, 3.63) is 41.7 Å². The molecule has 0 spiro atoms. The molecule has 0 saturated heterocycles. The highest BCUT2D eigenvalue weighted by Gasteiger charge is 2.35. The van der Waals surface area contributed by atoms with Gasteiger partial charge in [0.15, 0.2) is 0 Å². The van der Waals surface area contributed by atoms with Gasteiger partial charge in [0.2, 0.25) is 11.8 Å². The minimum Gasteiger partial charge on any atom is -0.461 e. The summed E-state index contributed by atoms with van der Waals surface area (Å²) in [5.74, 6) is 2.23. The van der Waals surface area contributed by atoms with Crippen LogP contribution in [0.5, 0.6) is 0 Å². The van der Waals surface area contributed by atoms with Crippen molar-refractivity contribution < 1.29 is 14.0 Å². The number of furan rings is 1. The molecular weight excluding hydrogens is 328 g/mol. The molecule has 1 aliphatic heterocycles. The molecule has 2 amide bonds. The number of hydrogen-bond acceptors (Lipinski definition) is 3. The fraction of sp³-hybridized carbons (Fsp3) is 0.429. The Bertz CT molecular complexity index is 849. The summed E-state index contributed by atoms with van der Waals surface area (Å²) < 4.78 is 6.05. The minimum atomic E-state index is -0.0652. The standard InChI is InChI=1S/C21H24N2O3/c1-13(2)20(24)22-17-5-3-4-15(10-17)19-11-16-12-23(9-8-18(16)26-19)21(25)14-6-7-14/h3-5,10-11,13-14H,6-9,12H2,1-2H3,(H,22,24). The van der Waals surface area contributed by atoms with E-state index in [1.807, 2.05) is 49.1 Å². The zero-order valence-corrected chi connectivity index (χ0v) is 15.2. The minimum absolute atomic E-state index is 0.00452. The molecule has 1 aromatic carbocycles. The quantitative estimate of drug-likeness (QED) is 0.909. The van der Waals surface area contributed by atoms with Crippen molar-refractivity contribution in [2.75, 3.05) is 11.9 Å². The van der Waals surface area contributed by atoms with E-state index in [4.69, 9.17) is 4.42 Å². The first-order valence-electron chi connectivity index (χ1n) is 9.33. The topological polar surface area (TPSA) is 62.6 Å². The fourth-order valence-corrected chi connectivity index (χ4v) is 3.29. The van der Waals surface area contributed by atoms with Crippen molar-refractivity contribution in [3.63, 3.8) is 0 Å². The SMILES string of the molecule is CC(C)C(=O)Nc1cccc(-c2cc3c(o2)CCN(C(=O)C2CC2)C3)c1. The second kappa shape index (κ2) is 6.63. The predicted octanol–water partition coefficient (Wildman–Crippen LogP) is 3.84. The molecule has 1 saturated carbocycles. The van der Waals surface area contributed by atoms with Crippen LogP contribution in [0.25, 0.3) is 11.3 Å². The van der Waals surface area contributed by atoms with E-state index >= 15 is 0 Å². The summed E-state index contributed by atoms with van der Waals surface area (Å²) in [5.41, 5.74) is 2.79. The van der Waals surface area contributed by atoms with E-state index in [1.165, 1.54) is 0 Å². The second-order valence-electron chi connectivity index (χ2n) is 7.57. The van der Waals surface area contributed by atoms with Crippen LogP contribution in [0, 0.1) is 11.8 Å². The molecule has 5 nitrogen and oxygen atoms in total. The van der Waals surface area contributed by atoms with Crippen molar-refractivity contribution in [3.8, 4) is 11.3 Å². The van der Waals surface area contributed by atoms with Crippen molar-refractivity contribution in [1.29, 1.82) is 0 Å². The molecule has 1 aromatic heterocycles. The summed E-state index contributed by atoms with van der Waals surface area (Å²) in [7, 11) is 0. The maximum atomic E-state index is 12.3. The molecule has 26 heavy (non-hydrogen) atoms. The zero-order chi connectivity index (χ0) is 18.3. The second-order valence-corrected chi connectivity index (χ2v) is 7.57. The number of benzene rings is 1. The van der Waals surface area contributed by atoms with E-state index in [2.05, 4.69) is 5.32 Å². The Balaban J connectivity index is 1.53. The summed E-state index contributed by atoms with van der Waals surface area (Å²) in [6, 6.07) is 9.73. The van der Waals surface area contributed by atoms with E-state index in [1.54, 1.807) is 0 Å². The third-order valence-electron chi connectivity index (χ3n) is 5.04. The molecule has 136 valence electrons. The van der Waals surface area contributed by atoms with Crippen molar-refractivity contribution in [2.24, 2.45) is 11.8 Å². The van der Waals surface area contributed by atoms with E-state index < -0.39 is 0 Å². The summed E-state index contributed by atoms with van der Waals surface area (Å²) in [4.78, 5) is 26.2. The van der Waals surface area contributed by atoms with Gasteiger partial charge in [-0.1, -0.05) is 26.0 Å². The Morgan fingerprint density at radius 1 is 1.23 bits per heavy atom. The monoisotopic (exact) mass is 352 g/mol. The van der Waals surface area contributed by atoms with Crippen molar-refractivity contribution >= 4 is 17.5 Å². The first-order chi connectivity index (χ1) is 12.5. The van der Waals surface area contributed by atoms with Crippen molar-refractivity contribution in [1.82, 2.24) is 4.90 Å². The third-order valence-corrected chi connectivity index (χ3v) is 5.04. The molecule has 0 bridgehead atoms. The maximum absolute atomic E-state index is 12.3. The van der Waals surface area contributed by atoms with Crippen LogP contribution >= 0.6 is 0 Å². The molecule has 2 aromatic rings. The number of hydrogen-bond donors (Lipinski definition) is 1. The van der Waals surface area contributed by atoms with Crippen LogP contribution < -0.4 is 5.32 Å². The Labute approximate surface area is 153 Å². The van der Waals surface area contributed by atoms with Gasteiger partial charge >= 0.3 is 0 Å². The van der Waals surface area contributed by atoms with Gasteiger partial charge in [-0.2, -0.15) is 0 Å².